The van der Waals surface area contributed by atoms with Crippen molar-refractivity contribution in [2.45, 2.75) is 32.6 Å². The van der Waals surface area contributed by atoms with Gasteiger partial charge in [-0.3, -0.25) is 0 Å². The van der Waals surface area contributed by atoms with Crippen LogP contribution in [-0.2, 0) is 12.7 Å². The second-order valence-electron chi connectivity index (χ2n) is 9.00. The van der Waals surface area contributed by atoms with E-state index >= 15 is 0 Å². The molecule has 1 saturated heterocycles. The van der Waals surface area contributed by atoms with E-state index in [1.54, 1.807) is 18.6 Å². The van der Waals surface area contributed by atoms with Crippen molar-refractivity contribution >= 4 is 28.7 Å². The number of anilines is 3. The molecule has 0 bridgehead atoms. The Morgan fingerprint density at radius 3 is 2.42 bits per heavy atom. The lowest BCUT2D eigenvalue weighted by molar-refractivity contribution is -0.137. The predicted octanol–water partition coefficient (Wildman–Crippen LogP) is 4.76. The lowest BCUT2D eigenvalue weighted by Crippen LogP contribution is -2.47. The molecule has 1 N–H and O–H groups in total. The number of alkyl halides is 3. The van der Waals surface area contributed by atoms with Crippen molar-refractivity contribution in [1.82, 2.24) is 24.5 Å². The number of piperazine rings is 1. The standard InChI is InChI=1S/C25H27F3N8/c1-17(2)36-16-31-21-22(30-15-18-6-5-7-19(14-18)25(26,27)28)32-24(33-23(21)36)35-12-10-34(11-13-35)20-8-3-4-9-29-20/h3-9,14,16-17H,10-13,15H2,1-2H3,(H,30,32,33). The van der Waals surface area contributed by atoms with Crippen molar-refractivity contribution in [3.63, 3.8) is 0 Å². The predicted molar refractivity (Wildman–Crippen MR) is 133 cm³/mol. The molecule has 36 heavy (non-hydrogen) atoms. The molecule has 1 aliphatic heterocycles. The summed E-state index contributed by atoms with van der Waals surface area (Å²) in [7, 11) is 0. The van der Waals surface area contributed by atoms with E-state index in [2.05, 4.69) is 25.1 Å². The summed E-state index contributed by atoms with van der Waals surface area (Å²) in [6.45, 7) is 7.24. The molecule has 0 amide bonds. The molecule has 3 aromatic heterocycles. The molecule has 0 unspecified atom stereocenters. The van der Waals surface area contributed by atoms with Gasteiger partial charge in [0.05, 0.1) is 11.9 Å². The second-order valence-corrected chi connectivity index (χ2v) is 9.00. The molecule has 188 valence electrons. The summed E-state index contributed by atoms with van der Waals surface area (Å²) in [5.41, 5.74) is 1.11. The second kappa shape index (κ2) is 9.63. The molecule has 0 saturated carbocycles. The fraction of sp³-hybridized carbons (Fsp3) is 0.360. The van der Waals surface area contributed by atoms with E-state index in [1.807, 2.05) is 36.6 Å². The summed E-state index contributed by atoms with van der Waals surface area (Å²) >= 11 is 0. The van der Waals surface area contributed by atoms with E-state index in [0.717, 1.165) is 31.0 Å². The molecule has 8 nitrogen and oxygen atoms in total. The van der Waals surface area contributed by atoms with Crippen molar-refractivity contribution in [1.29, 1.82) is 0 Å². The average Bonchev–Trinajstić information content (AvgIpc) is 3.32. The quantitative estimate of drug-likeness (QED) is 0.413. The Balaban J connectivity index is 1.41. The number of imidazole rings is 1. The number of fused-ring (bicyclic) bond motifs is 1. The van der Waals surface area contributed by atoms with Gasteiger partial charge in [0.25, 0.3) is 0 Å². The molecule has 0 spiro atoms. The maximum atomic E-state index is 13.1. The summed E-state index contributed by atoms with van der Waals surface area (Å²) in [5.74, 6) is 2.01. The Morgan fingerprint density at radius 2 is 1.72 bits per heavy atom. The van der Waals surface area contributed by atoms with Crippen molar-refractivity contribution in [3.05, 3.63) is 66.1 Å². The fourth-order valence-electron chi connectivity index (χ4n) is 4.27. The maximum absolute atomic E-state index is 13.1. The monoisotopic (exact) mass is 496 g/mol. The Labute approximate surface area is 206 Å². The molecule has 1 fully saturated rings. The maximum Gasteiger partial charge on any atom is 0.416 e. The number of rotatable bonds is 6. The number of hydrogen-bond acceptors (Lipinski definition) is 7. The fourth-order valence-corrected chi connectivity index (χ4v) is 4.27. The molecule has 4 aromatic rings. The highest BCUT2D eigenvalue weighted by molar-refractivity contribution is 5.84. The molecule has 11 heteroatoms. The van der Waals surface area contributed by atoms with Crippen LogP contribution < -0.4 is 15.1 Å². The first-order valence-electron chi connectivity index (χ1n) is 11.8. The Bertz CT molecular complexity index is 1330. The molecule has 1 aromatic carbocycles. The number of halogens is 3. The molecule has 0 radical (unpaired) electrons. The van der Waals surface area contributed by atoms with E-state index in [9.17, 15) is 13.2 Å². The van der Waals surface area contributed by atoms with Gasteiger partial charge >= 0.3 is 6.18 Å². The molecule has 0 aliphatic carbocycles. The van der Waals surface area contributed by atoms with Crippen LogP contribution >= 0.6 is 0 Å². The van der Waals surface area contributed by atoms with Gasteiger partial charge in [-0.15, -0.1) is 0 Å². The molecule has 0 atom stereocenters. The lowest BCUT2D eigenvalue weighted by Gasteiger charge is -2.35. The minimum Gasteiger partial charge on any atom is -0.364 e. The first-order valence-corrected chi connectivity index (χ1v) is 11.8. The number of hydrogen-bond donors (Lipinski definition) is 1. The zero-order valence-electron chi connectivity index (χ0n) is 20.1. The zero-order chi connectivity index (χ0) is 25.3. The van der Waals surface area contributed by atoms with Crippen LogP contribution in [0.5, 0.6) is 0 Å². The van der Waals surface area contributed by atoms with Crippen LogP contribution in [0.25, 0.3) is 11.2 Å². The van der Waals surface area contributed by atoms with Gasteiger partial charge in [-0.25, -0.2) is 9.97 Å². The molecule has 4 heterocycles. The van der Waals surface area contributed by atoms with E-state index < -0.39 is 11.7 Å². The summed E-state index contributed by atoms with van der Waals surface area (Å²) in [5, 5.41) is 3.21. The van der Waals surface area contributed by atoms with Gasteiger partial charge in [-0.1, -0.05) is 18.2 Å². The van der Waals surface area contributed by atoms with E-state index in [4.69, 9.17) is 9.97 Å². The van der Waals surface area contributed by atoms with Crippen LogP contribution in [0.3, 0.4) is 0 Å². The van der Waals surface area contributed by atoms with Crippen LogP contribution in [0, 0.1) is 0 Å². The molecular weight excluding hydrogens is 469 g/mol. The first kappa shape index (κ1) is 23.8. The largest absolute Gasteiger partial charge is 0.416 e. The van der Waals surface area contributed by atoms with Crippen molar-refractivity contribution in [3.8, 4) is 0 Å². The Morgan fingerprint density at radius 1 is 0.944 bits per heavy atom. The third-order valence-electron chi connectivity index (χ3n) is 6.22. The van der Waals surface area contributed by atoms with Crippen LogP contribution in [0.1, 0.15) is 31.0 Å². The Kier molecular flexibility index (Phi) is 6.38. The number of benzene rings is 1. The summed E-state index contributed by atoms with van der Waals surface area (Å²) in [6, 6.07) is 11.3. The van der Waals surface area contributed by atoms with Gasteiger partial charge < -0.3 is 19.7 Å². The van der Waals surface area contributed by atoms with E-state index in [1.165, 1.54) is 6.07 Å². The summed E-state index contributed by atoms with van der Waals surface area (Å²) in [6.07, 6.45) is -0.880. The van der Waals surface area contributed by atoms with Crippen molar-refractivity contribution in [2.24, 2.45) is 0 Å². The highest BCUT2D eigenvalue weighted by Crippen LogP contribution is 2.30. The SMILES string of the molecule is CC(C)n1cnc2c(NCc3cccc(C(F)(F)F)c3)nc(N3CCN(c4ccccn4)CC3)nc21. The topological polar surface area (TPSA) is 75.0 Å². The number of nitrogens with one attached hydrogen (secondary N) is 1. The smallest absolute Gasteiger partial charge is 0.364 e. The average molecular weight is 497 g/mol. The third kappa shape index (κ3) is 4.91. The van der Waals surface area contributed by atoms with Crippen LogP contribution in [0.2, 0.25) is 0 Å². The molecule has 1 aliphatic rings. The molecule has 5 rings (SSSR count). The van der Waals surface area contributed by atoms with Gasteiger partial charge in [0.15, 0.2) is 17.0 Å². The highest BCUT2D eigenvalue weighted by Gasteiger charge is 2.30. The number of pyridine rings is 1. The van der Waals surface area contributed by atoms with Gasteiger partial charge in [-0.2, -0.15) is 23.1 Å². The number of nitrogens with zero attached hydrogens (tertiary/aromatic N) is 7. The van der Waals surface area contributed by atoms with E-state index in [-0.39, 0.29) is 12.6 Å². The Hall–Kier alpha value is -3.89. The lowest BCUT2D eigenvalue weighted by atomic mass is 10.1. The van der Waals surface area contributed by atoms with Gasteiger partial charge in [0.1, 0.15) is 5.82 Å². The number of aromatic nitrogens is 5. The minimum absolute atomic E-state index is 0.134. The molecular formula is C25H27F3N8. The van der Waals surface area contributed by atoms with E-state index in [0.29, 0.717) is 41.6 Å². The van der Waals surface area contributed by atoms with Crippen molar-refractivity contribution in [2.75, 3.05) is 41.3 Å². The van der Waals surface area contributed by atoms with Gasteiger partial charge in [0.2, 0.25) is 5.95 Å². The summed E-state index contributed by atoms with van der Waals surface area (Å²) < 4.78 is 41.4. The van der Waals surface area contributed by atoms with Gasteiger partial charge in [-0.05, 0) is 43.7 Å². The third-order valence-corrected chi connectivity index (χ3v) is 6.22. The zero-order valence-corrected chi connectivity index (χ0v) is 20.1. The van der Waals surface area contributed by atoms with Crippen LogP contribution in [-0.4, -0.2) is 50.7 Å². The van der Waals surface area contributed by atoms with Crippen molar-refractivity contribution < 1.29 is 13.2 Å². The summed E-state index contributed by atoms with van der Waals surface area (Å²) in [4.78, 5) is 22.9. The highest BCUT2D eigenvalue weighted by atomic mass is 19.4. The van der Waals surface area contributed by atoms with Crippen LogP contribution in [0.4, 0.5) is 30.8 Å². The normalized spacial score (nSPS) is 14.6. The van der Waals surface area contributed by atoms with Gasteiger partial charge in [0, 0.05) is 45.0 Å². The van der Waals surface area contributed by atoms with Crippen LogP contribution in [0.15, 0.2) is 55.0 Å². The minimum atomic E-state index is -4.39. The first-order chi connectivity index (χ1) is 17.3.